The Bertz CT molecular complexity index is 736. The molecule has 0 aliphatic heterocycles. The van der Waals surface area contributed by atoms with E-state index in [1.807, 2.05) is 24.3 Å². The molecule has 5 heteroatoms. The van der Waals surface area contributed by atoms with Crippen LogP contribution in [0.1, 0.15) is 5.56 Å². The van der Waals surface area contributed by atoms with Crippen LogP contribution in [0.25, 0.3) is 21.7 Å². The topological polar surface area (TPSA) is 52.5 Å². The second-order valence-corrected chi connectivity index (χ2v) is 5.22. The van der Waals surface area contributed by atoms with Crippen molar-refractivity contribution in [3.8, 4) is 16.8 Å². The molecule has 0 bridgehead atoms. The molecule has 2 aromatic heterocycles. The lowest BCUT2D eigenvalue weighted by atomic mass is 10.2. The summed E-state index contributed by atoms with van der Waals surface area (Å²) in [4.78, 5) is 8.60. The highest BCUT2D eigenvalue weighted by molar-refractivity contribution is 7.19. The van der Waals surface area contributed by atoms with Gasteiger partial charge in [-0.05, 0) is 24.3 Å². The Morgan fingerprint density at radius 3 is 2.88 bits per heavy atom. The zero-order valence-corrected chi connectivity index (χ0v) is 10.1. The van der Waals surface area contributed by atoms with Crippen molar-refractivity contribution < 1.29 is 0 Å². The largest absolute Gasteiger partial charge is 0.337 e. The van der Waals surface area contributed by atoms with Crippen molar-refractivity contribution in [2.45, 2.75) is 0 Å². The van der Waals surface area contributed by atoms with E-state index in [-0.39, 0.29) is 0 Å². The van der Waals surface area contributed by atoms with Gasteiger partial charge in [-0.15, -0.1) is 11.3 Å². The number of imidazole rings is 1. The van der Waals surface area contributed by atoms with Gasteiger partial charge in [0.15, 0.2) is 0 Å². The number of nitrogens with zero attached hydrogens (tertiary/aromatic N) is 2. The number of benzene rings is 1. The molecule has 2 heterocycles. The van der Waals surface area contributed by atoms with Gasteiger partial charge in [0.1, 0.15) is 17.4 Å². The average molecular weight is 260 g/mol. The third-order valence-electron chi connectivity index (χ3n) is 2.44. The van der Waals surface area contributed by atoms with Crippen molar-refractivity contribution in [3.05, 3.63) is 40.2 Å². The number of H-pyrrole nitrogens is 1. The number of para-hydroxylation sites is 1. The first-order valence-electron chi connectivity index (χ1n) is 4.92. The van der Waals surface area contributed by atoms with E-state index in [0.717, 1.165) is 20.6 Å². The highest BCUT2D eigenvalue weighted by Crippen LogP contribution is 2.30. The number of halogens is 1. The maximum Gasteiger partial charge on any atom is 0.148 e. The summed E-state index contributed by atoms with van der Waals surface area (Å²) in [6, 6.07) is 11.4. The molecule has 0 spiro atoms. The van der Waals surface area contributed by atoms with Crippen LogP contribution in [0.4, 0.5) is 0 Å². The molecule has 0 fully saturated rings. The van der Waals surface area contributed by atoms with E-state index in [4.69, 9.17) is 16.9 Å². The SMILES string of the molecule is N#Cc1cccc2[nH]c(-c3ccc(Cl)s3)nc12. The Balaban J connectivity index is 2.24. The van der Waals surface area contributed by atoms with Crippen LogP contribution in [-0.4, -0.2) is 9.97 Å². The molecule has 0 amide bonds. The lowest BCUT2D eigenvalue weighted by molar-refractivity contribution is 1.36. The summed E-state index contributed by atoms with van der Waals surface area (Å²) in [6.07, 6.45) is 0. The first-order chi connectivity index (χ1) is 8.28. The standard InChI is InChI=1S/C12H6ClN3S/c13-10-5-4-9(17-10)12-15-8-3-1-2-7(6-14)11(8)16-12/h1-5H,(H,15,16). The molecule has 0 aliphatic carbocycles. The van der Waals surface area contributed by atoms with Crippen LogP contribution in [0.15, 0.2) is 30.3 Å². The van der Waals surface area contributed by atoms with E-state index in [1.54, 1.807) is 6.07 Å². The smallest absolute Gasteiger partial charge is 0.148 e. The minimum atomic E-state index is 0.577. The summed E-state index contributed by atoms with van der Waals surface area (Å²) >= 11 is 7.35. The summed E-state index contributed by atoms with van der Waals surface area (Å²) in [6.45, 7) is 0. The molecule has 1 aromatic carbocycles. The van der Waals surface area contributed by atoms with E-state index < -0.39 is 0 Å². The zero-order chi connectivity index (χ0) is 11.8. The van der Waals surface area contributed by atoms with Gasteiger partial charge in [0.2, 0.25) is 0 Å². The molecule has 3 rings (SSSR count). The second kappa shape index (κ2) is 3.88. The lowest BCUT2D eigenvalue weighted by Crippen LogP contribution is -1.76. The molecule has 0 unspecified atom stereocenters. The minimum absolute atomic E-state index is 0.577. The molecule has 1 N–H and O–H groups in total. The van der Waals surface area contributed by atoms with E-state index in [1.165, 1.54) is 11.3 Å². The Kier molecular flexibility index (Phi) is 2.36. The van der Waals surface area contributed by atoms with Crippen LogP contribution >= 0.6 is 22.9 Å². The third kappa shape index (κ3) is 1.70. The van der Waals surface area contributed by atoms with E-state index in [2.05, 4.69) is 16.0 Å². The van der Waals surface area contributed by atoms with E-state index in [9.17, 15) is 0 Å². The summed E-state index contributed by atoms with van der Waals surface area (Å²) < 4.78 is 0.723. The number of hydrogen-bond acceptors (Lipinski definition) is 3. The van der Waals surface area contributed by atoms with Gasteiger partial charge >= 0.3 is 0 Å². The Morgan fingerprint density at radius 1 is 1.29 bits per heavy atom. The van der Waals surface area contributed by atoms with Crippen LogP contribution in [0.3, 0.4) is 0 Å². The normalized spacial score (nSPS) is 10.6. The maximum atomic E-state index is 9.00. The van der Waals surface area contributed by atoms with Crippen molar-refractivity contribution in [3.63, 3.8) is 0 Å². The van der Waals surface area contributed by atoms with Gasteiger partial charge in [-0.25, -0.2) is 4.98 Å². The van der Waals surface area contributed by atoms with Gasteiger partial charge < -0.3 is 4.98 Å². The molecule has 0 atom stereocenters. The molecule has 3 nitrogen and oxygen atoms in total. The van der Waals surface area contributed by atoms with Gasteiger partial charge in [-0.1, -0.05) is 17.7 Å². The number of thiophene rings is 1. The van der Waals surface area contributed by atoms with Gasteiger partial charge in [-0.3, -0.25) is 0 Å². The molecule has 82 valence electrons. The van der Waals surface area contributed by atoms with Crippen LogP contribution < -0.4 is 0 Å². The Labute approximate surface area is 106 Å². The molecule has 17 heavy (non-hydrogen) atoms. The molecule has 0 saturated carbocycles. The molecule has 3 aromatic rings. The van der Waals surface area contributed by atoms with Crippen LogP contribution in [0.5, 0.6) is 0 Å². The van der Waals surface area contributed by atoms with Gasteiger partial charge in [0.25, 0.3) is 0 Å². The first-order valence-corrected chi connectivity index (χ1v) is 6.12. The molecule has 0 saturated heterocycles. The van der Waals surface area contributed by atoms with Crippen molar-refractivity contribution in [2.75, 3.05) is 0 Å². The maximum absolute atomic E-state index is 9.00. The number of fused-ring (bicyclic) bond motifs is 1. The predicted molar refractivity (Wildman–Crippen MR) is 69.1 cm³/mol. The number of hydrogen-bond donors (Lipinski definition) is 1. The van der Waals surface area contributed by atoms with Crippen molar-refractivity contribution in [1.82, 2.24) is 9.97 Å². The Hall–Kier alpha value is -1.83. The Morgan fingerprint density at radius 2 is 2.18 bits per heavy atom. The molecule has 0 radical (unpaired) electrons. The summed E-state index contributed by atoms with van der Waals surface area (Å²) in [5.74, 6) is 0.750. The van der Waals surface area contributed by atoms with Crippen molar-refractivity contribution in [1.29, 1.82) is 5.26 Å². The molecule has 0 aliphatic rings. The predicted octanol–water partition coefficient (Wildman–Crippen LogP) is 3.82. The number of aromatic nitrogens is 2. The summed E-state index contributed by atoms with van der Waals surface area (Å²) in [5, 5.41) is 9.00. The quantitative estimate of drug-likeness (QED) is 0.722. The monoisotopic (exact) mass is 259 g/mol. The number of aromatic amines is 1. The third-order valence-corrected chi connectivity index (χ3v) is 3.68. The zero-order valence-electron chi connectivity index (χ0n) is 8.57. The molecular formula is C12H6ClN3S. The fraction of sp³-hybridized carbons (Fsp3) is 0. The second-order valence-electron chi connectivity index (χ2n) is 3.50. The van der Waals surface area contributed by atoms with Crippen LogP contribution in [0, 0.1) is 11.3 Å². The minimum Gasteiger partial charge on any atom is -0.337 e. The first kappa shape index (κ1) is 10.3. The van der Waals surface area contributed by atoms with Gasteiger partial charge in [0.05, 0.1) is 20.3 Å². The number of rotatable bonds is 1. The summed E-state index contributed by atoms with van der Waals surface area (Å²) in [7, 11) is 0. The van der Waals surface area contributed by atoms with Crippen LogP contribution in [0.2, 0.25) is 4.34 Å². The fourth-order valence-electron chi connectivity index (χ4n) is 1.68. The number of nitrogens with one attached hydrogen (secondary N) is 1. The van der Waals surface area contributed by atoms with Gasteiger partial charge in [-0.2, -0.15) is 5.26 Å². The molecular weight excluding hydrogens is 254 g/mol. The number of nitriles is 1. The highest BCUT2D eigenvalue weighted by atomic mass is 35.5. The lowest BCUT2D eigenvalue weighted by Gasteiger charge is -1.88. The van der Waals surface area contributed by atoms with Crippen molar-refractivity contribution >= 4 is 34.0 Å². The fourth-order valence-corrected chi connectivity index (χ4v) is 2.67. The van der Waals surface area contributed by atoms with E-state index in [0.29, 0.717) is 11.1 Å². The van der Waals surface area contributed by atoms with E-state index >= 15 is 0 Å². The highest BCUT2D eigenvalue weighted by Gasteiger charge is 2.09. The van der Waals surface area contributed by atoms with Crippen LogP contribution in [-0.2, 0) is 0 Å². The summed E-state index contributed by atoms with van der Waals surface area (Å²) in [5.41, 5.74) is 2.14. The van der Waals surface area contributed by atoms with Crippen molar-refractivity contribution in [2.24, 2.45) is 0 Å². The van der Waals surface area contributed by atoms with Gasteiger partial charge in [0, 0.05) is 0 Å². The average Bonchev–Trinajstić information content (AvgIpc) is 2.93.